The van der Waals surface area contributed by atoms with Crippen molar-refractivity contribution in [2.45, 2.75) is 33.3 Å². The zero-order valence-electron chi connectivity index (χ0n) is 11.8. The number of nitrogens with zero attached hydrogens (tertiary/aromatic N) is 2. The van der Waals surface area contributed by atoms with Gasteiger partial charge in [-0.1, -0.05) is 13.8 Å². The van der Waals surface area contributed by atoms with Crippen molar-refractivity contribution in [1.82, 2.24) is 15.3 Å². The van der Waals surface area contributed by atoms with Gasteiger partial charge in [0.25, 0.3) is 5.91 Å². The van der Waals surface area contributed by atoms with Crippen LogP contribution in [0.5, 0.6) is 0 Å². The molecule has 0 fully saturated rings. The smallest absolute Gasteiger partial charge is 0.356 e. The highest BCUT2D eigenvalue weighted by atomic mass is 16.4. The molecule has 1 aromatic heterocycles. The summed E-state index contributed by atoms with van der Waals surface area (Å²) < 4.78 is 0. The molecule has 20 heavy (non-hydrogen) atoms. The first-order chi connectivity index (χ1) is 9.21. The SMILES string of the molecule is CC(O)CC(C)(C)CNC(=O)c1cnc(C(=O)O)cn1. The number of hydrogen-bond acceptors (Lipinski definition) is 5. The Bertz CT molecular complexity index is 483. The number of carboxylic acids is 1. The number of aliphatic hydroxyl groups excluding tert-OH is 1. The van der Waals surface area contributed by atoms with Gasteiger partial charge in [-0.15, -0.1) is 0 Å². The van der Waals surface area contributed by atoms with E-state index in [9.17, 15) is 14.7 Å². The van der Waals surface area contributed by atoms with E-state index in [2.05, 4.69) is 15.3 Å². The second-order valence-electron chi connectivity index (χ2n) is 5.49. The third-order valence-electron chi connectivity index (χ3n) is 2.68. The Hall–Kier alpha value is -2.02. The lowest BCUT2D eigenvalue weighted by atomic mass is 9.87. The molecule has 0 saturated heterocycles. The maximum Gasteiger partial charge on any atom is 0.356 e. The van der Waals surface area contributed by atoms with E-state index in [-0.39, 0.29) is 16.8 Å². The van der Waals surface area contributed by atoms with Crippen molar-refractivity contribution < 1.29 is 19.8 Å². The largest absolute Gasteiger partial charge is 0.476 e. The lowest BCUT2D eigenvalue weighted by molar-refractivity contribution is 0.0689. The molecule has 0 aromatic carbocycles. The average molecular weight is 281 g/mol. The van der Waals surface area contributed by atoms with Crippen molar-refractivity contribution in [1.29, 1.82) is 0 Å². The van der Waals surface area contributed by atoms with Gasteiger partial charge in [0.2, 0.25) is 0 Å². The monoisotopic (exact) mass is 281 g/mol. The van der Waals surface area contributed by atoms with E-state index in [1.807, 2.05) is 13.8 Å². The number of rotatable bonds is 6. The van der Waals surface area contributed by atoms with Gasteiger partial charge in [0.1, 0.15) is 5.69 Å². The molecule has 0 bridgehead atoms. The second kappa shape index (κ2) is 6.42. The third kappa shape index (κ3) is 4.93. The summed E-state index contributed by atoms with van der Waals surface area (Å²) in [6.45, 7) is 5.93. The Labute approximate surface area is 117 Å². The van der Waals surface area contributed by atoms with Crippen LogP contribution in [-0.2, 0) is 0 Å². The van der Waals surface area contributed by atoms with Crippen molar-refractivity contribution in [2.24, 2.45) is 5.41 Å². The van der Waals surface area contributed by atoms with E-state index in [0.29, 0.717) is 13.0 Å². The summed E-state index contributed by atoms with van der Waals surface area (Å²) in [5.74, 6) is -1.62. The zero-order valence-corrected chi connectivity index (χ0v) is 11.8. The van der Waals surface area contributed by atoms with Crippen LogP contribution < -0.4 is 5.32 Å². The summed E-state index contributed by atoms with van der Waals surface area (Å²) in [5.41, 5.74) is -0.406. The van der Waals surface area contributed by atoms with Crippen molar-refractivity contribution in [2.75, 3.05) is 6.54 Å². The Balaban J connectivity index is 2.61. The van der Waals surface area contributed by atoms with Gasteiger partial charge in [-0.3, -0.25) is 4.79 Å². The minimum absolute atomic E-state index is 0.0582. The highest BCUT2D eigenvalue weighted by Gasteiger charge is 2.21. The van der Waals surface area contributed by atoms with Crippen LogP contribution in [0.2, 0.25) is 0 Å². The number of aromatic carboxylic acids is 1. The van der Waals surface area contributed by atoms with Crippen LogP contribution in [-0.4, -0.2) is 44.7 Å². The standard InChI is InChI=1S/C13H19N3O4/c1-8(17)4-13(2,3)7-16-11(18)9-5-15-10(6-14-9)12(19)20/h5-6,8,17H,4,7H2,1-3H3,(H,16,18)(H,19,20). The fraction of sp³-hybridized carbons (Fsp3) is 0.538. The lowest BCUT2D eigenvalue weighted by Gasteiger charge is -2.26. The average Bonchev–Trinajstić information content (AvgIpc) is 2.34. The molecule has 3 N–H and O–H groups in total. The van der Waals surface area contributed by atoms with E-state index in [0.717, 1.165) is 12.4 Å². The molecule has 1 rings (SSSR count). The van der Waals surface area contributed by atoms with Crippen LogP contribution in [0.3, 0.4) is 0 Å². The number of aliphatic hydroxyl groups is 1. The van der Waals surface area contributed by atoms with E-state index in [4.69, 9.17) is 5.11 Å². The van der Waals surface area contributed by atoms with Gasteiger partial charge in [-0.2, -0.15) is 0 Å². The minimum atomic E-state index is -1.19. The molecule has 0 aliphatic heterocycles. The molecular weight excluding hydrogens is 262 g/mol. The van der Waals surface area contributed by atoms with E-state index >= 15 is 0 Å². The molecule has 0 spiro atoms. The fourth-order valence-electron chi connectivity index (χ4n) is 1.84. The summed E-state index contributed by atoms with van der Waals surface area (Å²) >= 11 is 0. The summed E-state index contributed by atoms with van der Waals surface area (Å²) in [6.07, 6.45) is 2.27. The van der Waals surface area contributed by atoms with Gasteiger partial charge in [0.05, 0.1) is 18.5 Å². The predicted molar refractivity (Wildman–Crippen MR) is 71.4 cm³/mol. The maximum atomic E-state index is 11.8. The minimum Gasteiger partial charge on any atom is -0.476 e. The molecule has 0 aliphatic carbocycles. The number of carbonyl (C=O) groups excluding carboxylic acids is 1. The fourth-order valence-corrected chi connectivity index (χ4v) is 1.84. The number of nitrogens with one attached hydrogen (secondary N) is 1. The first-order valence-corrected chi connectivity index (χ1v) is 6.23. The van der Waals surface area contributed by atoms with Crippen LogP contribution in [0.15, 0.2) is 12.4 Å². The third-order valence-corrected chi connectivity index (χ3v) is 2.68. The first kappa shape index (κ1) is 16.0. The van der Waals surface area contributed by atoms with Crippen molar-refractivity contribution in [3.8, 4) is 0 Å². The maximum absolute atomic E-state index is 11.8. The number of hydrogen-bond donors (Lipinski definition) is 3. The van der Waals surface area contributed by atoms with Gasteiger partial charge in [0.15, 0.2) is 5.69 Å². The van der Waals surface area contributed by atoms with Crippen LogP contribution >= 0.6 is 0 Å². The van der Waals surface area contributed by atoms with Gasteiger partial charge >= 0.3 is 5.97 Å². The van der Waals surface area contributed by atoms with Crippen LogP contribution in [0.1, 0.15) is 48.2 Å². The van der Waals surface area contributed by atoms with E-state index in [1.54, 1.807) is 6.92 Å². The normalized spacial score (nSPS) is 12.8. The molecule has 1 unspecified atom stereocenters. The summed E-state index contributed by atoms with van der Waals surface area (Å²) in [7, 11) is 0. The van der Waals surface area contributed by atoms with Crippen LogP contribution in [0, 0.1) is 5.41 Å². The number of amides is 1. The predicted octanol–water partition coefficient (Wildman–Crippen LogP) is 0.702. The second-order valence-corrected chi connectivity index (χ2v) is 5.49. The van der Waals surface area contributed by atoms with Crippen LogP contribution in [0.25, 0.3) is 0 Å². The highest BCUT2D eigenvalue weighted by Crippen LogP contribution is 2.21. The Morgan fingerprint density at radius 3 is 2.30 bits per heavy atom. The number of carbonyl (C=O) groups is 2. The summed E-state index contributed by atoms with van der Waals surface area (Å²) in [6, 6.07) is 0. The molecule has 7 nitrogen and oxygen atoms in total. The topological polar surface area (TPSA) is 112 Å². The summed E-state index contributed by atoms with van der Waals surface area (Å²) in [4.78, 5) is 29.8. The Kier molecular flexibility index (Phi) is 5.15. The molecule has 7 heteroatoms. The number of carboxylic acid groups (broad SMARTS) is 1. The molecule has 0 radical (unpaired) electrons. The molecule has 0 saturated carbocycles. The van der Waals surface area contributed by atoms with Crippen LogP contribution in [0.4, 0.5) is 0 Å². The van der Waals surface area contributed by atoms with E-state index in [1.165, 1.54) is 0 Å². The Morgan fingerprint density at radius 1 is 1.30 bits per heavy atom. The lowest BCUT2D eigenvalue weighted by Crippen LogP contribution is -2.36. The van der Waals surface area contributed by atoms with Gasteiger partial charge in [-0.25, -0.2) is 14.8 Å². The molecule has 1 aromatic rings. The summed E-state index contributed by atoms with van der Waals surface area (Å²) in [5, 5.41) is 20.7. The molecule has 1 atom stereocenters. The molecule has 1 heterocycles. The van der Waals surface area contributed by atoms with Crippen molar-refractivity contribution in [3.05, 3.63) is 23.8 Å². The number of aromatic nitrogens is 2. The van der Waals surface area contributed by atoms with E-state index < -0.39 is 18.0 Å². The zero-order chi connectivity index (χ0) is 15.3. The van der Waals surface area contributed by atoms with Crippen molar-refractivity contribution in [3.63, 3.8) is 0 Å². The first-order valence-electron chi connectivity index (χ1n) is 6.23. The van der Waals surface area contributed by atoms with Gasteiger partial charge in [0, 0.05) is 6.54 Å². The molecule has 0 aliphatic rings. The quantitative estimate of drug-likeness (QED) is 0.707. The van der Waals surface area contributed by atoms with Gasteiger partial charge < -0.3 is 15.5 Å². The Morgan fingerprint density at radius 2 is 1.85 bits per heavy atom. The van der Waals surface area contributed by atoms with Gasteiger partial charge in [-0.05, 0) is 18.8 Å². The highest BCUT2D eigenvalue weighted by molar-refractivity contribution is 5.92. The molecular formula is C13H19N3O4. The van der Waals surface area contributed by atoms with Crippen molar-refractivity contribution >= 4 is 11.9 Å². The molecule has 110 valence electrons. The molecule has 1 amide bonds.